The van der Waals surface area contributed by atoms with Crippen molar-refractivity contribution in [3.05, 3.63) is 134 Å². The van der Waals surface area contributed by atoms with Gasteiger partial charge in [-0.25, -0.2) is 9.97 Å². The third-order valence-electron chi connectivity index (χ3n) is 12.1. The van der Waals surface area contributed by atoms with Crippen LogP contribution in [0.25, 0.3) is 22.8 Å². The van der Waals surface area contributed by atoms with Crippen molar-refractivity contribution in [2.75, 3.05) is 13.1 Å². The number of carbonyl (C=O) groups is 7. The van der Waals surface area contributed by atoms with E-state index in [4.69, 9.17) is 5.73 Å². The minimum absolute atomic E-state index is 0. The Balaban J connectivity index is 0.000000727. The minimum atomic E-state index is -1.60. The third kappa shape index (κ3) is 27.7. The van der Waals surface area contributed by atoms with Gasteiger partial charge in [-0.1, -0.05) is 52.0 Å². The van der Waals surface area contributed by atoms with Gasteiger partial charge in [0, 0.05) is 87.3 Å². The van der Waals surface area contributed by atoms with Gasteiger partial charge in [0.2, 0.25) is 35.4 Å². The molecule has 6 amide bonds. The van der Waals surface area contributed by atoms with Crippen LogP contribution in [0.5, 0.6) is 0 Å². The number of unbranched alkanes of at least 4 members (excludes halogenated alkanes) is 1. The molecule has 0 aliphatic carbocycles. The summed E-state index contributed by atoms with van der Waals surface area (Å²) < 4.78 is 0. The number of aromatic nitrogens is 8. The van der Waals surface area contributed by atoms with Crippen molar-refractivity contribution in [2.45, 2.75) is 129 Å². The molecule has 6 atom stereocenters. The number of aliphatic hydroxyl groups excluding tert-OH is 1. The van der Waals surface area contributed by atoms with Gasteiger partial charge in [-0.15, -0.1) is 0 Å². The summed E-state index contributed by atoms with van der Waals surface area (Å²) >= 11 is 0. The van der Waals surface area contributed by atoms with Gasteiger partial charge in [0.15, 0.2) is 0 Å². The van der Waals surface area contributed by atoms with Crippen molar-refractivity contribution in [3.63, 3.8) is 0 Å². The van der Waals surface area contributed by atoms with Gasteiger partial charge in [0.05, 0.1) is 59.6 Å². The number of aromatic amines is 2. The molecule has 0 aromatic carbocycles. The van der Waals surface area contributed by atoms with E-state index in [0.29, 0.717) is 31.5 Å². The summed E-state index contributed by atoms with van der Waals surface area (Å²) in [4.78, 5) is 120. The maximum absolute atomic E-state index is 13.6. The zero-order chi connectivity index (χ0) is 58.9. The van der Waals surface area contributed by atoms with Gasteiger partial charge in [-0.05, 0) is 99.4 Å². The number of rotatable bonds is 29. The van der Waals surface area contributed by atoms with E-state index in [-0.39, 0.29) is 101 Å². The molecule has 0 fully saturated rings. The Bertz CT molecular complexity index is 2640. The summed E-state index contributed by atoms with van der Waals surface area (Å²) in [6.07, 6.45) is 13.7. The number of halogens is 1. The largest absolute Gasteiger partial charge is 2.00 e. The Hall–Kier alpha value is -7.84. The molecule has 0 saturated heterocycles. The minimum Gasteiger partial charge on any atom is -1.00 e. The zero-order valence-corrected chi connectivity index (χ0v) is 50.4. The maximum atomic E-state index is 13.6. The van der Waals surface area contributed by atoms with Crippen molar-refractivity contribution < 1.29 is 76.0 Å². The van der Waals surface area contributed by atoms with Crippen LogP contribution in [0, 0.1) is 11.8 Å². The van der Waals surface area contributed by atoms with Crippen molar-refractivity contribution in [3.8, 4) is 22.8 Å². The van der Waals surface area contributed by atoms with Crippen LogP contribution >= 0.6 is 0 Å². The number of nitrogens with two attached hydrogens (primary N) is 1. The molecule has 26 heteroatoms. The normalized spacial score (nSPS) is 12.7. The molecule has 0 radical (unpaired) electrons. The van der Waals surface area contributed by atoms with Gasteiger partial charge in [0.1, 0.15) is 18.1 Å². The monoisotopic (exact) mass is 1340 g/mol. The predicted octanol–water partition coefficient (Wildman–Crippen LogP) is -1.12. The van der Waals surface area contributed by atoms with E-state index in [0.717, 1.165) is 28.5 Å². The fourth-order valence-corrected chi connectivity index (χ4v) is 7.64. The molecule has 448 valence electrons. The van der Waals surface area contributed by atoms with E-state index in [9.17, 15) is 43.8 Å². The van der Waals surface area contributed by atoms with Crippen LogP contribution in [-0.4, -0.2) is 136 Å². The quantitative estimate of drug-likeness (QED) is 0.0249. The number of hydrogen-bond acceptors (Lipinski definition) is 16. The number of imidazole rings is 2. The first kappa shape index (κ1) is 71.3. The molecule has 6 heterocycles. The molecule has 6 rings (SSSR count). The molecule has 6 unspecified atom stereocenters. The fourth-order valence-electron chi connectivity index (χ4n) is 7.64. The van der Waals surface area contributed by atoms with Gasteiger partial charge in [0.25, 0.3) is 0 Å². The summed E-state index contributed by atoms with van der Waals surface area (Å²) in [5.41, 5.74) is 11.1. The van der Waals surface area contributed by atoms with Crippen LogP contribution in [0.2, 0.25) is 0 Å². The van der Waals surface area contributed by atoms with E-state index >= 15 is 0 Å². The second-order valence-electron chi connectivity index (χ2n) is 19.6. The molecule has 0 bridgehead atoms. The number of aliphatic carboxylic acids is 1. The Morgan fingerprint density at radius 2 is 1.04 bits per heavy atom. The number of amides is 6. The molecule has 0 saturated carbocycles. The van der Waals surface area contributed by atoms with Crippen molar-refractivity contribution in [1.82, 2.24) is 71.8 Å². The molecular weight excluding hydrogens is 1260 g/mol. The average Bonchev–Trinajstić information content (AvgIpc) is 4.26. The molecule has 24 nitrogen and oxygen atoms in total. The molecule has 6 aromatic heterocycles. The number of nitrogens with one attached hydrogen (secondary N) is 8. The Kier molecular flexibility index (Phi) is 34.0. The Labute approximate surface area is 502 Å². The Morgan fingerprint density at radius 3 is 1.46 bits per heavy atom. The SMILES string of the molecule is CC(C)CC(NC(=O)C(Cc1cnc[nH]1)NC(=O)C(N)C(C)C)C(=O)NC(C(=O)NC(CCCCNC(=O)CCCC(=O)NCCc1cnc[nH]1)C(=O)[O-])C(C)O.[Cl-].[Os+2].c1ccc(-c2ccccn2)nc1.c1ccc(-c2ccccn2)nc1. The number of hydrogen-bond donors (Lipinski definition) is 10. The molecule has 0 spiro atoms. The Morgan fingerprint density at radius 1 is 0.578 bits per heavy atom. The van der Waals surface area contributed by atoms with Crippen molar-refractivity contribution >= 4 is 41.4 Å². The summed E-state index contributed by atoms with van der Waals surface area (Å²) in [5, 5.41) is 37.9. The van der Waals surface area contributed by atoms with Crippen LogP contribution in [0.1, 0.15) is 91.0 Å². The van der Waals surface area contributed by atoms with Crippen molar-refractivity contribution in [2.24, 2.45) is 17.6 Å². The van der Waals surface area contributed by atoms with Crippen LogP contribution in [0.15, 0.2) is 123 Å². The summed E-state index contributed by atoms with van der Waals surface area (Å²) in [5.74, 6) is -5.46. The zero-order valence-electron chi connectivity index (χ0n) is 47.1. The summed E-state index contributed by atoms with van der Waals surface area (Å²) in [6.45, 7) is 9.03. The smallest absolute Gasteiger partial charge is 1.00 e. The first-order valence-electron chi connectivity index (χ1n) is 26.9. The summed E-state index contributed by atoms with van der Waals surface area (Å²) in [7, 11) is 0. The van der Waals surface area contributed by atoms with Gasteiger partial charge in [-0.3, -0.25) is 48.7 Å². The predicted molar refractivity (Wildman–Crippen MR) is 300 cm³/mol. The number of pyridine rings is 4. The van der Waals surface area contributed by atoms with Crippen LogP contribution in [0.3, 0.4) is 0 Å². The van der Waals surface area contributed by atoms with Crippen LogP contribution < -0.4 is 55.1 Å². The maximum Gasteiger partial charge on any atom is 2.00 e. The van der Waals surface area contributed by atoms with Gasteiger partial charge >= 0.3 is 19.8 Å². The third-order valence-corrected chi connectivity index (χ3v) is 12.1. The standard InChI is InChI=1S/C37H61N11O9.2C10H8N2.ClH.Os/c1-21(2)15-27(46-33(52)28(16-25-18-40-20-44-25)47-35(54)31(38)22(3)4)34(53)48-32(23(5)49)36(55)45-26(37(56)57)9-6-7-13-41-29(50)10-8-11-30(51)42-14-12-24-17-39-19-43-24;2*1-3-7-11-9(5-1)10-6-2-4-8-12-10;;/h17-23,26-28,31-32,49H,6-16,38H2,1-5H3,(H,39,43)(H,40,44)(H,41,50)(H,42,51)(H,45,55)(H,46,52)(H,47,54)(H,48,53)(H,56,57);2*1-8H;1H;/q;;;;+2/p-2. The van der Waals surface area contributed by atoms with Crippen LogP contribution in [0.4, 0.5) is 0 Å². The second-order valence-corrected chi connectivity index (χ2v) is 19.6. The fraction of sp³-hybridized carbons (Fsp3) is 0.421. The average molecular weight is 1340 g/mol. The van der Waals surface area contributed by atoms with Gasteiger partial charge < -0.3 is 75.0 Å². The topological polar surface area (TPSA) is 370 Å². The number of nitrogens with zero attached hydrogens (tertiary/aromatic N) is 6. The number of H-pyrrole nitrogens is 2. The van der Waals surface area contributed by atoms with E-state index in [2.05, 4.69) is 71.8 Å². The molecule has 6 aromatic rings. The molecule has 11 N–H and O–H groups in total. The first-order chi connectivity index (χ1) is 38.9. The number of carboxylic acids is 1. The second kappa shape index (κ2) is 39.6. The number of carboxylic acid groups (broad SMARTS) is 1. The molecular formula is C57H76ClN15O9Os. The number of carbonyl (C=O) groups excluding carboxylic acids is 7. The van der Waals surface area contributed by atoms with E-state index in [1.807, 2.05) is 72.8 Å². The van der Waals surface area contributed by atoms with E-state index in [1.165, 1.54) is 19.4 Å². The van der Waals surface area contributed by atoms with Gasteiger partial charge in [-0.2, -0.15) is 0 Å². The molecule has 0 aliphatic heterocycles. The molecule has 83 heavy (non-hydrogen) atoms. The first-order valence-corrected chi connectivity index (χ1v) is 26.9. The number of aliphatic hydroxyl groups is 1. The van der Waals surface area contributed by atoms with Crippen LogP contribution in [-0.2, 0) is 66.2 Å². The molecule has 0 aliphatic rings. The summed E-state index contributed by atoms with van der Waals surface area (Å²) in [6, 6.07) is 16.8. The van der Waals surface area contributed by atoms with E-state index < -0.39 is 65.9 Å². The van der Waals surface area contributed by atoms with Crippen molar-refractivity contribution in [1.29, 1.82) is 0 Å². The van der Waals surface area contributed by atoms with E-state index in [1.54, 1.807) is 65.0 Å².